The van der Waals surface area contributed by atoms with Gasteiger partial charge in [-0.2, -0.15) is 4.99 Å². The van der Waals surface area contributed by atoms with Gasteiger partial charge in [-0.15, -0.1) is 0 Å². The number of aliphatic imine (C=N–C) groups is 1. The molecule has 6 heteroatoms. The Hall–Kier alpha value is -2.24. The summed E-state index contributed by atoms with van der Waals surface area (Å²) in [5.41, 5.74) is 11.5. The Morgan fingerprint density at radius 3 is 2.44 bits per heavy atom. The summed E-state index contributed by atoms with van der Waals surface area (Å²) in [5.74, 6) is 0.755. The number of rotatable bonds is 4. The molecule has 0 saturated heterocycles. The molecular weight excluding hydrogens is 230 g/mol. The van der Waals surface area contributed by atoms with Crippen LogP contribution in [0.4, 0.5) is 0 Å². The van der Waals surface area contributed by atoms with Crippen LogP contribution in [-0.2, 0) is 6.54 Å². The average Bonchev–Trinajstić information content (AvgIpc) is 2.31. The highest BCUT2D eigenvalue weighted by molar-refractivity contribution is 5.91. The van der Waals surface area contributed by atoms with Crippen LogP contribution < -0.4 is 16.2 Å². The zero-order valence-electron chi connectivity index (χ0n) is 10.7. The van der Waals surface area contributed by atoms with Gasteiger partial charge >= 0.3 is 0 Å². The molecule has 0 fully saturated rings. The molecule has 1 rings (SSSR count). The molecule has 0 spiro atoms. The van der Waals surface area contributed by atoms with Crippen LogP contribution in [0, 0.1) is 5.41 Å². The molecule has 0 bridgehead atoms. The van der Waals surface area contributed by atoms with E-state index in [1.165, 1.54) is 0 Å². The number of guanidine groups is 2. The van der Waals surface area contributed by atoms with E-state index in [0.717, 1.165) is 11.3 Å². The summed E-state index contributed by atoms with van der Waals surface area (Å²) in [5, 5.41) is 7.64. The normalized spacial score (nSPS) is 9.67. The summed E-state index contributed by atoms with van der Waals surface area (Å²) in [6.07, 6.45) is 0. The zero-order chi connectivity index (χ0) is 13.5. The third-order valence-corrected chi connectivity index (χ3v) is 2.25. The SMILES string of the molecule is CCOc1ccc(CN(C)C(=N)N=C(N)N)cc1. The van der Waals surface area contributed by atoms with Gasteiger partial charge < -0.3 is 21.1 Å². The second-order valence-electron chi connectivity index (χ2n) is 3.79. The Kier molecular flexibility index (Phi) is 4.98. The van der Waals surface area contributed by atoms with Crippen LogP contribution in [-0.4, -0.2) is 30.5 Å². The van der Waals surface area contributed by atoms with Crippen molar-refractivity contribution in [2.24, 2.45) is 16.5 Å². The van der Waals surface area contributed by atoms with E-state index in [4.69, 9.17) is 21.6 Å². The highest BCUT2D eigenvalue weighted by Gasteiger charge is 2.04. The van der Waals surface area contributed by atoms with Crippen LogP contribution in [0.1, 0.15) is 12.5 Å². The van der Waals surface area contributed by atoms with E-state index in [0.29, 0.717) is 13.2 Å². The van der Waals surface area contributed by atoms with Crippen LogP contribution in [0.25, 0.3) is 0 Å². The molecule has 0 radical (unpaired) electrons. The van der Waals surface area contributed by atoms with Crippen LogP contribution >= 0.6 is 0 Å². The van der Waals surface area contributed by atoms with Gasteiger partial charge in [-0.1, -0.05) is 12.1 Å². The fourth-order valence-electron chi connectivity index (χ4n) is 1.41. The molecular formula is C12H19N5O. The Bertz CT molecular complexity index is 423. The quantitative estimate of drug-likeness (QED) is 0.540. The lowest BCUT2D eigenvalue weighted by molar-refractivity contribution is 0.340. The van der Waals surface area contributed by atoms with Crippen molar-refractivity contribution < 1.29 is 4.74 Å². The molecule has 98 valence electrons. The maximum atomic E-state index is 7.64. The number of hydrogen-bond donors (Lipinski definition) is 3. The van der Waals surface area contributed by atoms with Gasteiger partial charge in [0.25, 0.3) is 0 Å². The predicted molar refractivity (Wildman–Crippen MR) is 72.6 cm³/mol. The summed E-state index contributed by atoms with van der Waals surface area (Å²) >= 11 is 0. The zero-order valence-corrected chi connectivity index (χ0v) is 10.7. The molecule has 0 unspecified atom stereocenters. The second-order valence-corrected chi connectivity index (χ2v) is 3.79. The van der Waals surface area contributed by atoms with Crippen molar-refractivity contribution in [3.8, 4) is 5.75 Å². The van der Waals surface area contributed by atoms with Crippen LogP contribution in [0.2, 0.25) is 0 Å². The van der Waals surface area contributed by atoms with Gasteiger partial charge in [0.1, 0.15) is 5.75 Å². The van der Waals surface area contributed by atoms with Gasteiger partial charge in [0.15, 0.2) is 5.96 Å². The molecule has 0 aliphatic carbocycles. The average molecular weight is 249 g/mol. The van der Waals surface area contributed by atoms with Crippen LogP contribution in [0.15, 0.2) is 29.3 Å². The largest absolute Gasteiger partial charge is 0.494 e. The topological polar surface area (TPSA) is 101 Å². The molecule has 5 N–H and O–H groups in total. The first-order chi connectivity index (χ1) is 8.52. The third kappa shape index (κ3) is 4.32. The molecule has 1 aromatic rings. The number of nitrogens with two attached hydrogens (primary N) is 2. The van der Waals surface area contributed by atoms with Gasteiger partial charge in [-0.05, 0) is 24.6 Å². The van der Waals surface area contributed by atoms with E-state index in [1.807, 2.05) is 31.2 Å². The third-order valence-electron chi connectivity index (χ3n) is 2.25. The first-order valence-electron chi connectivity index (χ1n) is 5.64. The van der Waals surface area contributed by atoms with Crippen LogP contribution in [0.3, 0.4) is 0 Å². The summed E-state index contributed by atoms with van der Waals surface area (Å²) in [7, 11) is 1.76. The maximum absolute atomic E-state index is 7.64. The summed E-state index contributed by atoms with van der Waals surface area (Å²) in [6.45, 7) is 3.15. The van der Waals surface area contributed by atoms with E-state index < -0.39 is 0 Å². The number of ether oxygens (including phenoxy) is 1. The standard InChI is InChI=1S/C12H19N5O/c1-3-18-10-6-4-9(5-7-10)8-17(2)12(15)16-11(13)14/h4-7H,3,8H2,1-2H3,(H5,13,14,15,16). The van der Waals surface area contributed by atoms with Crippen molar-refractivity contribution >= 4 is 11.9 Å². The minimum Gasteiger partial charge on any atom is -0.494 e. The van der Waals surface area contributed by atoms with E-state index >= 15 is 0 Å². The van der Waals surface area contributed by atoms with Gasteiger partial charge in [0, 0.05) is 13.6 Å². The molecule has 0 heterocycles. The second kappa shape index (κ2) is 6.48. The van der Waals surface area contributed by atoms with Crippen molar-refractivity contribution in [3.63, 3.8) is 0 Å². The Labute approximate surface area is 107 Å². The summed E-state index contributed by atoms with van der Waals surface area (Å²) < 4.78 is 5.36. The number of hydrogen-bond acceptors (Lipinski definition) is 2. The molecule has 0 aromatic heterocycles. The minimum atomic E-state index is -0.112. The molecule has 0 amide bonds. The summed E-state index contributed by atoms with van der Waals surface area (Å²) in [4.78, 5) is 5.33. The highest BCUT2D eigenvalue weighted by Crippen LogP contribution is 2.13. The van der Waals surface area contributed by atoms with E-state index in [-0.39, 0.29) is 11.9 Å². The molecule has 0 atom stereocenters. The maximum Gasteiger partial charge on any atom is 0.221 e. The Morgan fingerprint density at radius 1 is 1.33 bits per heavy atom. The van der Waals surface area contributed by atoms with E-state index in [2.05, 4.69) is 4.99 Å². The summed E-state index contributed by atoms with van der Waals surface area (Å²) in [6, 6.07) is 7.70. The molecule has 0 aliphatic heterocycles. The van der Waals surface area contributed by atoms with Crippen LogP contribution in [0.5, 0.6) is 5.75 Å². The van der Waals surface area contributed by atoms with Crippen molar-refractivity contribution in [2.45, 2.75) is 13.5 Å². The van der Waals surface area contributed by atoms with E-state index in [1.54, 1.807) is 11.9 Å². The van der Waals surface area contributed by atoms with Gasteiger partial charge in [-0.3, -0.25) is 5.41 Å². The lowest BCUT2D eigenvalue weighted by atomic mass is 10.2. The van der Waals surface area contributed by atoms with Crippen molar-refractivity contribution in [2.75, 3.05) is 13.7 Å². The Balaban J connectivity index is 2.61. The molecule has 18 heavy (non-hydrogen) atoms. The fraction of sp³-hybridized carbons (Fsp3) is 0.333. The number of benzene rings is 1. The monoisotopic (exact) mass is 249 g/mol. The molecule has 6 nitrogen and oxygen atoms in total. The first-order valence-corrected chi connectivity index (χ1v) is 5.64. The van der Waals surface area contributed by atoms with Gasteiger partial charge in [0.2, 0.25) is 5.96 Å². The van der Waals surface area contributed by atoms with Gasteiger partial charge in [0.05, 0.1) is 6.61 Å². The van der Waals surface area contributed by atoms with Crippen molar-refractivity contribution in [1.29, 1.82) is 5.41 Å². The first kappa shape index (κ1) is 13.8. The Morgan fingerprint density at radius 2 is 1.94 bits per heavy atom. The molecule has 1 aromatic carbocycles. The lowest BCUT2D eigenvalue weighted by Crippen LogP contribution is -2.30. The van der Waals surface area contributed by atoms with Crippen molar-refractivity contribution in [1.82, 2.24) is 4.90 Å². The van der Waals surface area contributed by atoms with E-state index in [9.17, 15) is 0 Å². The van der Waals surface area contributed by atoms with Crippen molar-refractivity contribution in [3.05, 3.63) is 29.8 Å². The predicted octanol–water partition coefficient (Wildman–Crippen LogP) is 0.725. The minimum absolute atomic E-state index is 0.0314. The lowest BCUT2D eigenvalue weighted by Gasteiger charge is -2.17. The highest BCUT2D eigenvalue weighted by atomic mass is 16.5. The van der Waals surface area contributed by atoms with Gasteiger partial charge in [-0.25, -0.2) is 0 Å². The molecule has 0 aliphatic rings. The fourth-order valence-corrected chi connectivity index (χ4v) is 1.41. The number of nitrogens with one attached hydrogen (secondary N) is 1. The smallest absolute Gasteiger partial charge is 0.221 e. The molecule has 0 saturated carbocycles. The number of nitrogens with zero attached hydrogens (tertiary/aromatic N) is 2.